The Balaban J connectivity index is 3.23. The van der Waals surface area contributed by atoms with Gasteiger partial charge in [-0.2, -0.15) is 0 Å². The number of allylic oxidation sites excluding steroid dienone is 2. The van der Waals surface area contributed by atoms with Crippen LogP contribution in [-0.4, -0.2) is 24.9 Å². The van der Waals surface area contributed by atoms with Crippen molar-refractivity contribution in [1.82, 2.24) is 10.6 Å². The lowest BCUT2D eigenvalue weighted by Crippen LogP contribution is -2.36. The van der Waals surface area contributed by atoms with Crippen molar-refractivity contribution in [2.24, 2.45) is 0 Å². The fourth-order valence-electron chi connectivity index (χ4n) is 2.45. The molecule has 0 heterocycles. The quantitative estimate of drug-likeness (QED) is 0.303. The van der Waals surface area contributed by atoms with Crippen LogP contribution in [-0.2, 0) is 4.79 Å². The van der Waals surface area contributed by atoms with Gasteiger partial charge in [-0.3, -0.25) is 0 Å². The first-order valence-corrected chi connectivity index (χ1v) is 9.83. The zero-order valence-electron chi connectivity index (χ0n) is 15.9. The molecule has 0 aromatic rings. The summed E-state index contributed by atoms with van der Waals surface area (Å²) in [5.41, 5.74) is 0. The maximum Gasteiger partial charge on any atom is 0.314 e. The van der Waals surface area contributed by atoms with Crippen molar-refractivity contribution in [2.45, 2.75) is 90.9 Å². The Morgan fingerprint density at radius 1 is 0.750 bits per heavy atom. The Morgan fingerprint density at radius 2 is 1.29 bits per heavy atom. The number of amides is 2. The van der Waals surface area contributed by atoms with Gasteiger partial charge in [0.2, 0.25) is 0 Å². The van der Waals surface area contributed by atoms with Gasteiger partial charge in [0.05, 0.1) is 0 Å². The van der Waals surface area contributed by atoms with Crippen molar-refractivity contribution in [1.29, 1.82) is 0 Å². The summed E-state index contributed by atoms with van der Waals surface area (Å²) in [7, 11) is 0. The molecule has 0 saturated heterocycles. The average Bonchev–Trinajstić information content (AvgIpc) is 2.55. The first-order chi connectivity index (χ1) is 11.7. The number of unbranched alkanes of at least 4 members (excludes halogenated alkanes) is 8. The van der Waals surface area contributed by atoms with Crippen molar-refractivity contribution in [3.63, 3.8) is 0 Å². The van der Waals surface area contributed by atoms with Gasteiger partial charge in [-0.05, 0) is 51.9 Å². The summed E-state index contributed by atoms with van der Waals surface area (Å²) >= 11 is 0. The summed E-state index contributed by atoms with van der Waals surface area (Å²) in [5, 5.41) is 5.78. The number of hydrogen-bond donors (Lipinski definition) is 2. The molecule has 0 aliphatic heterocycles. The summed E-state index contributed by atoms with van der Waals surface area (Å²) in [6.07, 6.45) is 17.7. The highest BCUT2D eigenvalue weighted by atomic mass is 16.2. The molecule has 0 aliphatic carbocycles. The molecule has 0 atom stereocenters. The molecule has 0 radical (unpaired) electrons. The molecule has 140 valence electrons. The van der Waals surface area contributed by atoms with Crippen LogP contribution >= 0.6 is 0 Å². The second kappa shape index (κ2) is 18.0. The number of hydrogen-bond acceptors (Lipinski definition) is 2. The van der Waals surface area contributed by atoms with Crippen LogP contribution in [0.3, 0.4) is 0 Å². The average molecular weight is 339 g/mol. The lowest BCUT2D eigenvalue weighted by atomic mass is 10.1. The lowest BCUT2D eigenvalue weighted by molar-refractivity contribution is -0.117. The van der Waals surface area contributed by atoms with Crippen molar-refractivity contribution in [2.75, 3.05) is 13.1 Å². The monoisotopic (exact) mass is 338 g/mol. The lowest BCUT2D eigenvalue weighted by Gasteiger charge is -2.06. The zero-order valence-corrected chi connectivity index (χ0v) is 15.9. The summed E-state index contributed by atoms with van der Waals surface area (Å²) in [6, 6.07) is -0.0357. The molecule has 0 rings (SSSR count). The summed E-state index contributed by atoms with van der Waals surface area (Å²) in [6.45, 7) is 5.35. The van der Waals surface area contributed by atoms with Crippen LogP contribution in [0.5, 0.6) is 0 Å². The molecule has 0 saturated carbocycles. The van der Waals surface area contributed by atoms with Gasteiger partial charge in [0, 0.05) is 19.5 Å². The van der Waals surface area contributed by atoms with Gasteiger partial charge in [-0.15, -0.1) is 0 Å². The number of Topliss-reactive ketones (excluding diaryl/α,β-unsaturated/α-hetero) is 1. The van der Waals surface area contributed by atoms with Crippen molar-refractivity contribution >= 4 is 11.8 Å². The standard InChI is InChI=1S/C20H38N2O2/c1-3-4-14-17-21-20(24)22-18-15-12-10-8-6-5-7-9-11-13-16-19(2)23/h6,8H,3-5,7,9-18H2,1-2H3,(H2,21,22,24)/b8-6-. The number of carbonyl (C=O) groups excluding carboxylic acids is 2. The van der Waals surface area contributed by atoms with Crippen LogP contribution in [0.25, 0.3) is 0 Å². The van der Waals surface area contributed by atoms with Gasteiger partial charge in [-0.1, -0.05) is 44.8 Å². The molecular weight excluding hydrogens is 300 g/mol. The van der Waals surface area contributed by atoms with E-state index in [1.807, 2.05) is 0 Å². The topological polar surface area (TPSA) is 58.2 Å². The summed E-state index contributed by atoms with van der Waals surface area (Å²) < 4.78 is 0. The van der Waals surface area contributed by atoms with E-state index in [2.05, 4.69) is 29.7 Å². The molecule has 0 aliphatic rings. The van der Waals surface area contributed by atoms with E-state index in [1.165, 1.54) is 32.1 Å². The first kappa shape index (κ1) is 22.7. The van der Waals surface area contributed by atoms with E-state index in [9.17, 15) is 9.59 Å². The Labute approximate surface area is 148 Å². The van der Waals surface area contributed by atoms with E-state index < -0.39 is 0 Å². The van der Waals surface area contributed by atoms with Crippen LogP contribution in [0.2, 0.25) is 0 Å². The third kappa shape index (κ3) is 18.7. The molecule has 0 fully saturated rings. The molecule has 2 amide bonds. The van der Waals surface area contributed by atoms with Crippen LogP contribution in [0.15, 0.2) is 12.2 Å². The molecule has 4 heteroatoms. The number of carbonyl (C=O) groups is 2. The number of nitrogens with one attached hydrogen (secondary N) is 2. The van der Waals surface area contributed by atoms with Gasteiger partial charge in [-0.25, -0.2) is 4.79 Å². The maximum atomic E-state index is 11.5. The van der Waals surface area contributed by atoms with E-state index >= 15 is 0 Å². The largest absolute Gasteiger partial charge is 0.338 e. The fourth-order valence-corrected chi connectivity index (χ4v) is 2.45. The van der Waals surface area contributed by atoms with Gasteiger partial charge >= 0.3 is 6.03 Å². The molecule has 0 unspecified atom stereocenters. The van der Waals surface area contributed by atoms with Crippen molar-refractivity contribution in [3.05, 3.63) is 12.2 Å². The number of rotatable bonds is 16. The van der Waals surface area contributed by atoms with Gasteiger partial charge in [0.15, 0.2) is 0 Å². The molecule has 0 bridgehead atoms. The second-order valence-corrected chi connectivity index (χ2v) is 6.51. The molecule has 0 aromatic heterocycles. The molecule has 4 nitrogen and oxygen atoms in total. The smallest absolute Gasteiger partial charge is 0.314 e. The van der Waals surface area contributed by atoms with E-state index in [4.69, 9.17) is 0 Å². The third-order valence-corrected chi connectivity index (χ3v) is 3.97. The summed E-state index contributed by atoms with van der Waals surface area (Å²) in [4.78, 5) is 22.3. The van der Waals surface area contributed by atoms with E-state index in [0.717, 1.165) is 58.0 Å². The van der Waals surface area contributed by atoms with Crippen molar-refractivity contribution in [3.8, 4) is 0 Å². The van der Waals surface area contributed by atoms with Crippen LogP contribution in [0.4, 0.5) is 4.79 Å². The Morgan fingerprint density at radius 3 is 1.88 bits per heavy atom. The Kier molecular flexibility index (Phi) is 17.0. The minimum Gasteiger partial charge on any atom is -0.338 e. The normalized spacial score (nSPS) is 10.9. The van der Waals surface area contributed by atoms with E-state index in [0.29, 0.717) is 5.78 Å². The number of urea groups is 1. The fraction of sp³-hybridized carbons (Fsp3) is 0.800. The van der Waals surface area contributed by atoms with Crippen LogP contribution in [0.1, 0.15) is 90.9 Å². The maximum absolute atomic E-state index is 11.5. The minimum absolute atomic E-state index is 0.0357. The molecule has 2 N–H and O–H groups in total. The highest BCUT2D eigenvalue weighted by Crippen LogP contribution is 2.07. The Hall–Kier alpha value is -1.32. The van der Waals surface area contributed by atoms with E-state index in [1.54, 1.807) is 6.92 Å². The predicted molar refractivity (Wildman–Crippen MR) is 102 cm³/mol. The Bertz CT molecular complexity index is 341. The van der Waals surface area contributed by atoms with Gasteiger partial charge in [0.25, 0.3) is 0 Å². The SMILES string of the molecule is CCCCCNC(=O)NCCCC/C=C\CCCCCCC(C)=O. The van der Waals surface area contributed by atoms with Gasteiger partial charge < -0.3 is 15.4 Å². The third-order valence-electron chi connectivity index (χ3n) is 3.97. The second-order valence-electron chi connectivity index (χ2n) is 6.51. The highest BCUT2D eigenvalue weighted by molar-refractivity contribution is 5.75. The first-order valence-electron chi connectivity index (χ1n) is 9.83. The summed E-state index contributed by atoms with van der Waals surface area (Å²) in [5.74, 6) is 0.304. The predicted octanol–water partition coefficient (Wildman–Crippen LogP) is 5.13. The zero-order chi connectivity index (χ0) is 17.9. The van der Waals surface area contributed by atoms with Crippen LogP contribution in [0, 0.1) is 0 Å². The molecule has 0 spiro atoms. The number of ketones is 1. The van der Waals surface area contributed by atoms with E-state index in [-0.39, 0.29) is 6.03 Å². The van der Waals surface area contributed by atoms with Gasteiger partial charge in [0.1, 0.15) is 5.78 Å². The van der Waals surface area contributed by atoms with Crippen LogP contribution < -0.4 is 10.6 Å². The molecule has 0 aromatic carbocycles. The minimum atomic E-state index is -0.0357. The molecule has 24 heavy (non-hydrogen) atoms. The van der Waals surface area contributed by atoms with Crippen molar-refractivity contribution < 1.29 is 9.59 Å². The molecular formula is C20H38N2O2. The highest BCUT2D eigenvalue weighted by Gasteiger charge is 1.97.